The van der Waals surface area contributed by atoms with Gasteiger partial charge in [0.15, 0.2) is 0 Å². The number of hydrogen-bond acceptors (Lipinski definition) is 3. The lowest BCUT2D eigenvalue weighted by atomic mass is 9.88. The van der Waals surface area contributed by atoms with Gasteiger partial charge >= 0.3 is 0 Å². The standard InChI is InChI=1S/C29H18N2O2/c32-28-25-8-4-7-24-23(21-11-9-19(10-12-21)20-15-17-30-18-16-20)13-14-26(27(24)25)29(33)31(28)22-5-2-1-3-6-22/h1-18H. The monoisotopic (exact) mass is 426 g/mol. The molecule has 5 aromatic rings. The Morgan fingerprint density at radius 1 is 0.515 bits per heavy atom. The van der Waals surface area contributed by atoms with E-state index >= 15 is 0 Å². The molecule has 0 N–H and O–H groups in total. The van der Waals surface area contributed by atoms with Crippen molar-refractivity contribution in [3.8, 4) is 22.3 Å². The van der Waals surface area contributed by atoms with Gasteiger partial charge < -0.3 is 0 Å². The molecular formula is C29H18N2O2. The second-order valence-corrected chi connectivity index (χ2v) is 7.98. The lowest BCUT2D eigenvalue weighted by Gasteiger charge is -2.27. The van der Waals surface area contributed by atoms with Crippen LogP contribution in [0.25, 0.3) is 33.0 Å². The van der Waals surface area contributed by atoms with E-state index in [-0.39, 0.29) is 11.8 Å². The average Bonchev–Trinajstić information content (AvgIpc) is 2.88. The first-order valence-corrected chi connectivity index (χ1v) is 10.7. The molecule has 4 heteroatoms. The summed E-state index contributed by atoms with van der Waals surface area (Å²) in [5, 5.41) is 1.62. The number of hydrogen-bond donors (Lipinski definition) is 0. The summed E-state index contributed by atoms with van der Waals surface area (Å²) in [6.07, 6.45) is 3.56. The van der Waals surface area contributed by atoms with Crippen molar-refractivity contribution >= 4 is 28.3 Å². The average molecular weight is 426 g/mol. The highest BCUT2D eigenvalue weighted by Crippen LogP contribution is 2.38. The van der Waals surface area contributed by atoms with E-state index in [4.69, 9.17) is 0 Å². The molecule has 0 saturated carbocycles. The molecule has 0 spiro atoms. The van der Waals surface area contributed by atoms with Gasteiger partial charge in [0.2, 0.25) is 0 Å². The van der Waals surface area contributed by atoms with Crippen molar-refractivity contribution in [3.63, 3.8) is 0 Å². The fraction of sp³-hybridized carbons (Fsp3) is 0. The van der Waals surface area contributed by atoms with Gasteiger partial charge in [-0.05, 0) is 64.0 Å². The van der Waals surface area contributed by atoms with Crippen LogP contribution in [-0.4, -0.2) is 16.8 Å². The summed E-state index contributed by atoms with van der Waals surface area (Å²) in [6, 6.07) is 30.8. The molecular weight excluding hydrogens is 408 g/mol. The van der Waals surface area contributed by atoms with Crippen molar-refractivity contribution < 1.29 is 9.59 Å². The Hall–Kier alpha value is -4.57. The normalized spacial score (nSPS) is 12.9. The fourth-order valence-electron chi connectivity index (χ4n) is 4.55. The minimum Gasteiger partial charge on any atom is -0.268 e. The number of amides is 2. The Morgan fingerprint density at radius 2 is 1.12 bits per heavy atom. The summed E-state index contributed by atoms with van der Waals surface area (Å²) in [4.78, 5) is 32.1. The second kappa shape index (κ2) is 7.53. The molecule has 4 nitrogen and oxygen atoms in total. The van der Waals surface area contributed by atoms with Gasteiger partial charge in [0.1, 0.15) is 0 Å². The van der Waals surface area contributed by atoms with Crippen LogP contribution in [0.2, 0.25) is 0 Å². The number of pyridine rings is 1. The van der Waals surface area contributed by atoms with E-state index in [1.807, 2.05) is 54.6 Å². The third-order valence-corrected chi connectivity index (χ3v) is 6.13. The largest absolute Gasteiger partial charge is 0.268 e. The third kappa shape index (κ3) is 3.04. The van der Waals surface area contributed by atoms with Crippen LogP contribution >= 0.6 is 0 Å². The summed E-state index contributed by atoms with van der Waals surface area (Å²) >= 11 is 0. The maximum atomic E-state index is 13.4. The minimum atomic E-state index is -0.297. The Kier molecular flexibility index (Phi) is 4.37. The lowest BCUT2D eigenvalue weighted by Crippen LogP contribution is -2.40. The van der Waals surface area contributed by atoms with Gasteiger partial charge in [-0.15, -0.1) is 0 Å². The van der Waals surface area contributed by atoms with E-state index < -0.39 is 0 Å². The predicted octanol–water partition coefficient (Wildman–Crippen LogP) is 6.37. The van der Waals surface area contributed by atoms with Crippen molar-refractivity contribution in [2.45, 2.75) is 0 Å². The third-order valence-electron chi connectivity index (χ3n) is 6.13. The van der Waals surface area contributed by atoms with Crippen LogP contribution in [0.1, 0.15) is 20.7 Å². The molecule has 0 unspecified atom stereocenters. The maximum absolute atomic E-state index is 13.4. The molecule has 33 heavy (non-hydrogen) atoms. The second-order valence-electron chi connectivity index (χ2n) is 7.98. The number of para-hydroxylation sites is 1. The van der Waals surface area contributed by atoms with Gasteiger partial charge in [0.05, 0.1) is 5.69 Å². The molecule has 1 aliphatic heterocycles. The Balaban J connectivity index is 1.48. The van der Waals surface area contributed by atoms with Gasteiger partial charge in [-0.2, -0.15) is 0 Å². The van der Waals surface area contributed by atoms with E-state index in [0.29, 0.717) is 16.8 Å². The van der Waals surface area contributed by atoms with Gasteiger partial charge in [-0.3, -0.25) is 14.6 Å². The lowest BCUT2D eigenvalue weighted by molar-refractivity contribution is 0.0893. The van der Waals surface area contributed by atoms with Crippen LogP contribution in [-0.2, 0) is 0 Å². The highest BCUT2D eigenvalue weighted by molar-refractivity contribution is 6.36. The first-order chi connectivity index (χ1) is 16.2. The van der Waals surface area contributed by atoms with Crippen LogP contribution in [0.5, 0.6) is 0 Å². The van der Waals surface area contributed by atoms with Crippen LogP contribution in [0.3, 0.4) is 0 Å². The fourth-order valence-corrected chi connectivity index (χ4v) is 4.55. The molecule has 0 saturated heterocycles. The molecule has 1 aromatic heterocycles. The van der Waals surface area contributed by atoms with E-state index in [2.05, 4.69) is 29.2 Å². The topological polar surface area (TPSA) is 50.3 Å². The number of anilines is 1. The Labute approximate surface area is 190 Å². The minimum absolute atomic E-state index is 0.297. The highest BCUT2D eigenvalue weighted by Gasteiger charge is 2.34. The Morgan fingerprint density at radius 3 is 1.85 bits per heavy atom. The zero-order chi connectivity index (χ0) is 22.4. The van der Waals surface area contributed by atoms with E-state index in [1.165, 1.54) is 4.90 Å². The summed E-state index contributed by atoms with van der Waals surface area (Å²) in [7, 11) is 0. The molecule has 0 bridgehead atoms. The zero-order valence-corrected chi connectivity index (χ0v) is 17.6. The maximum Gasteiger partial charge on any atom is 0.265 e. The number of benzene rings is 4. The van der Waals surface area contributed by atoms with Gasteiger partial charge in [-0.1, -0.05) is 60.7 Å². The smallest absolute Gasteiger partial charge is 0.265 e. The molecule has 2 heterocycles. The quantitative estimate of drug-likeness (QED) is 0.315. The molecule has 0 aliphatic carbocycles. The molecule has 0 atom stereocenters. The van der Waals surface area contributed by atoms with Gasteiger partial charge in [-0.25, -0.2) is 4.90 Å². The molecule has 2 amide bonds. The molecule has 0 fully saturated rings. The first-order valence-electron chi connectivity index (χ1n) is 10.7. The molecule has 4 aromatic carbocycles. The van der Waals surface area contributed by atoms with Crippen molar-refractivity contribution in [1.82, 2.24) is 4.98 Å². The predicted molar refractivity (Wildman–Crippen MR) is 130 cm³/mol. The molecule has 1 aliphatic rings. The van der Waals surface area contributed by atoms with Crippen LogP contribution in [0.4, 0.5) is 5.69 Å². The van der Waals surface area contributed by atoms with Crippen molar-refractivity contribution in [2.24, 2.45) is 0 Å². The van der Waals surface area contributed by atoms with Crippen molar-refractivity contribution in [2.75, 3.05) is 4.90 Å². The summed E-state index contributed by atoms with van der Waals surface area (Å²) in [5.74, 6) is -0.594. The summed E-state index contributed by atoms with van der Waals surface area (Å²) in [5.41, 5.74) is 5.89. The SMILES string of the molecule is O=C1c2cccc3c(-c4ccc(-c5ccncc5)cc4)ccc(c23)C(=O)N1c1ccccc1. The number of rotatable bonds is 3. The first kappa shape index (κ1) is 19.1. The summed E-state index contributed by atoms with van der Waals surface area (Å²) in [6.45, 7) is 0. The van der Waals surface area contributed by atoms with Crippen molar-refractivity contribution in [1.29, 1.82) is 0 Å². The van der Waals surface area contributed by atoms with Crippen LogP contribution in [0, 0.1) is 0 Å². The van der Waals surface area contributed by atoms with Crippen LogP contribution in [0.15, 0.2) is 109 Å². The van der Waals surface area contributed by atoms with Crippen molar-refractivity contribution in [3.05, 3.63) is 121 Å². The van der Waals surface area contributed by atoms with Gasteiger partial charge in [0, 0.05) is 28.9 Å². The Bertz CT molecular complexity index is 1500. The van der Waals surface area contributed by atoms with E-state index in [0.717, 1.165) is 33.0 Å². The highest BCUT2D eigenvalue weighted by atomic mass is 16.2. The van der Waals surface area contributed by atoms with Crippen LogP contribution < -0.4 is 4.90 Å². The zero-order valence-electron chi connectivity index (χ0n) is 17.6. The molecule has 6 rings (SSSR count). The number of aromatic nitrogens is 1. The molecule has 0 radical (unpaired) electrons. The number of nitrogens with zero attached hydrogens (tertiary/aromatic N) is 2. The number of imide groups is 1. The van der Waals surface area contributed by atoms with E-state index in [1.54, 1.807) is 30.6 Å². The van der Waals surface area contributed by atoms with E-state index in [9.17, 15) is 9.59 Å². The summed E-state index contributed by atoms with van der Waals surface area (Å²) < 4.78 is 0. The van der Waals surface area contributed by atoms with Gasteiger partial charge in [0.25, 0.3) is 11.8 Å². The number of carbonyl (C=O) groups is 2. The number of carbonyl (C=O) groups excluding carboxylic acids is 2. The molecule has 156 valence electrons.